The smallest absolute Gasteiger partial charge is 0.481 e. The number of guanidine groups is 2. The van der Waals surface area contributed by atoms with Crippen LogP contribution in [0.5, 0.6) is 0 Å². The van der Waals surface area contributed by atoms with Crippen molar-refractivity contribution in [1.82, 2.24) is 4.90 Å². The molecular weight excluding hydrogens is 824 g/mol. The fourth-order valence-electron chi connectivity index (χ4n) is 5.08. The Bertz CT molecular complexity index is 1420. The summed E-state index contributed by atoms with van der Waals surface area (Å²) in [6.07, 6.45) is -5.70. The van der Waals surface area contributed by atoms with E-state index in [9.17, 15) is 60.5 Å². The molecule has 0 spiro atoms. The van der Waals surface area contributed by atoms with Crippen molar-refractivity contribution < 1.29 is 80.3 Å². The van der Waals surface area contributed by atoms with Crippen LogP contribution in [0.15, 0.2) is 9.98 Å². The number of carbonyl (C=O) groups is 7. The number of unbranched alkanes of at least 4 members (excludes halogenated alkanes) is 6. The van der Waals surface area contributed by atoms with Gasteiger partial charge in [0.25, 0.3) is 0 Å². The molecule has 348 valence electrons. The Labute approximate surface area is 342 Å². The van der Waals surface area contributed by atoms with Gasteiger partial charge in [-0.15, -0.1) is 0 Å². The zero-order chi connectivity index (χ0) is 47.4. The molecule has 16 N–H and O–H groups in total. The Morgan fingerprint density at radius 3 is 1.45 bits per heavy atom. The number of aliphatic imine (C=N–C) groups is 2. The second-order valence-electron chi connectivity index (χ2n) is 13.3. The zero-order valence-electron chi connectivity index (χ0n) is 33.5. The van der Waals surface area contributed by atoms with Gasteiger partial charge in [-0.05, 0) is 44.4 Å². The summed E-state index contributed by atoms with van der Waals surface area (Å²) in [5.74, 6) is -11.7. The second kappa shape index (κ2) is 29.9. The fraction of sp³-hybridized carbons (Fsp3) is 0.735. The van der Waals surface area contributed by atoms with Crippen molar-refractivity contribution >= 4 is 53.4 Å². The molecule has 4 atom stereocenters. The van der Waals surface area contributed by atoms with Crippen molar-refractivity contribution in [3.05, 3.63) is 0 Å². The van der Waals surface area contributed by atoms with E-state index in [0.717, 1.165) is 32.1 Å². The third kappa shape index (κ3) is 26.0. The summed E-state index contributed by atoms with van der Waals surface area (Å²) in [6.45, 7) is 4.47. The van der Waals surface area contributed by atoms with E-state index in [0.29, 0.717) is 37.1 Å². The molecule has 0 bridgehead atoms. The van der Waals surface area contributed by atoms with Gasteiger partial charge in [0.1, 0.15) is 0 Å². The number of rotatable bonds is 26. The van der Waals surface area contributed by atoms with Crippen LogP contribution < -0.4 is 34.4 Å². The largest absolute Gasteiger partial charge is 0.490 e. The van der Waals surface area contributed by atoms with Crippen LogP contribution in [0.4, 0.5) is 26.3 Å². The number of nitrogens with zero attached hydrogens (tertiary/aromatic N) is 3. The van der Waals surface area contributed by atoms with Crippen molar-refractivity contribution in [2.75, 3.05) is 13.1 Å². The Morgan fingerprint density at radius 2 is 1.05 bits per heavy atom. The van der Waals surface area contributed by atoms with Crippen LogP contribution in [0, 0.1) is 5.92 Å². The maximum absolute atomic E-state index is 13.9. The van der Waals surface area contributed by atoms with E-state index in [1.54, 1.807) is 0 Å². The zero-order valence-corrected chi connectivity index (χ0v) is 33.5. The molecule has 2 amide bonds. The monoisotopic (exact) mass is 883 g/mol. The van der Waals surface area contributed by atoms with Crippen molar-refractivity contribution in [2.24, 2.45) is 50.3 Å². The number of carbonyl (C=O) groups excluding carboxylic acids is 3. The lowest BCUT2D eigenvalue weighted by Crippen LogP contribution is -2.66. The van der Waals surface area contributed by atoms with Gasteiger partial charge in [0.05, 0.1) is 12.5 Å². The van der Waals surface area contributed by atoms with Gasteiger partial charge in [0.15, 0.2) is 17.7 Å². The maximum Gasteiger partial charge on any atom is 0.490 e. The normalized spacial score (nSPS) is 13.6. The number of carboxylic acid groups (broad SMARTS) is 4. The van der Waals surface area contributed by atoms with E-state index in [2.05, 4.69) is 9.98 Å². The third-order valence-corrected chi connectivity index (χ3v) is 8.51. The lowest BCUT2D eigenvalue weighted by atomic mass is 9.82. The molecule has 0 heterocycles. The number of nitrogens with two attached hydrogens (primary N) is 6. The molecule has 0 rings (SSSR count). The Hall–Kier alpha value is -5.27. The number of ketones is 1. The first-order chi connectivity index (χ1) is 27.5. The number of halogens is 6. The third-order valence-electron chi connectivity index (χ3n) is 8.51. The molecule has 0 aliphatic carbocycles. The molecule has 0 aliphatic rings. The number of carboxylic acids is 4. The molecule has 0 fully saturated rings. The van der Waals surface area contributed by atoms with E-state index in [4.69, 9.17) is 54.2 Å². The van der Waals surface area contributed by atoms with Crippen LogP contribution in [0.3, 0.4) is 0 Å². The van der Waals surface area contributed by atoms with Crippen molar-refractivity contribution in [3.63, 3.8) is 0 Å². The van der Waals surface area contributed by atoms with Gasteiger partial charge in [-0.1, -0.05) is 52.4 Å². The summed E-state index contributed by atoms with van der Waals surface area (Å²) in [7, 11) is 0. The van der Waals surface area contributed by atoms with Gasteiger partial charge in [-0.3, -0.25) is 34.1 Å². The Balaban J connectivity index is -0.00000196. The summed E-state index contributed by atoms with van der Waals surface area (Å²) >= 11 is 0. The molecular formula is C34H59F6N9O11. The minimum absolute atomic E-state index is 0.0273. The highest BCUT2D eigenvalue weighted by molar-refractivity contribution is 6.15. The highest BCUT2D eigenvalue weighted by atomic mass is 19.4. The highest BCUT2D eigenvalue weighted by Crippen LogP contribution is 2.30. The first-order valence-electron chi connectivity index (χ1n) is 18.6. The lowest BCUT2D eigenvalue weighted by molar-refractivity contribution is -0.193. The van der Waals surface area contributed by atoms with Crippen molar-refractivity contribution in [2.45, 2.75) is 140 Å². The predicted molar refractivity (Wildman–Crippen MR) is 204 cm³/mol. The van der Waals surface area contributed by atoms with Crippen LogP contribution in [0.2, 0.25) is 0 Å². The number of imide groups is 1. The van der Waals surface area contributed by atoms with Crippen LogP contribution in [0.25, 0.3) is 0 Å². The number of Topliss-reactive ketones (excluding diaryl/α,β-unsaturated/α-hetero) is 1. The summed E-state index contributed by atoms with van der Waals surface area (Å²) in [6, 6.07) is -1.86. The quantitative estimate of drug-likeness (QED) is 0.0195. The van der Waals surface area contributed by atoms with E-state index >= 15 is 0 Å². The van der Waals surface area contributed by atoms with Crippen molar-refractivity contribution in [3.8, 4) is 0 Å². The van der Waals surface area contributed by atoms with Crippen LogP contribution in [0.1, 0.15) is 110 Å². The summed E-state index contributed by atoms with van der Waals surface area (Å²) in [4.78, 5) is 91.6. The fourth-order valence-corrected chi connectivity index (χ4v) is 5.08. The van der Waals surface area contributed by atoms with Gasteiger partial charge in [-0.2, -0.15) is 26.3 Å². The van der Waals surface area contributed by atoms with Crippen LogP contribution in [-0.4, -0.2) is 122 Å². The number of hydrogen-bond donors (Lipinski definition) is 10. The molecule has 0 saturated carbocycles. The summed E-state index contributed by atoms with van der Waals surface area (Å²) in [5, 5.41) is 34.1. The topological polar surface area (TPSA) is 384 Å². The minimum atomic E-state index is -5.08. The van der Waals surface area contributed by atoms with Crippen LogP contribution in [-0.2, 0) is 33.6 Å². The number of amides is 2. The first kappa shape index (κ1) is 59.0. The maximum atomic E-state index is 13.9. The lowest BCUT2D eigenvalue weighted by Gasteiger charge is -2.39. The average Bonchev–Trinajstić information content (AvgIpc) is 3.12. The second-order valence-corrected chi connectivity index (χ2v) is 13.3. The summed E-state index contributed by atoms with van der Waals surface area (Å²) in [5.41, 5.74) is 30.9. The highest BCUT2D eigenvalue weighted by Gasteiger charge is 2.55. The SMILES string of the molecule is CCC(C)[C@H](N)CCCCC(=O)N(C(=O)[C@@H](N)CC(=O)O)[C@@](CCCN=C(N)N)(C(=O)O)C(=O)CCCCCCCCN=C(N)N.O=C(O)C(F)(F)F.O=C(O)C(F)(F)F. The molecule has 0 saturated heterocycles. The first-order valence-corrected chi connectivity index (χ1v) is 18.6. The molecule has 0 aromatic carbocycles. The molecule has 60 heavy (non-hydrogen) atoms. The number of alkyl halides is 6. The molecule has 0 aromatic rings. The van der Waals surface area contributed by atoms with Gasteiger partial charge in [-0.25, -0.2) is 14.4 Å². The molecule has 20 nitrogen and oxygen atoms in total. The predicted octanol–water partition coefficient (Wildman–Crippen LogP) is 1.79. The molecule has 1 unspecified atom stereocenters. The van der Waals surface area contributed by atoms with E-state index < -0.39 is 78.2 Å². The van der Waals surface area contributed by atoms with E-state index in [1.807, 2.05) is 13.8 Å². The van der Waals surface area contributed by atoms with E-state index in [1.165, 1.54) is 0 Å². The molecule has 0 aliphatic heterocycles. The van der Waals surface area contributed by atoms with Crippen molar-refractivity contribution in [1.29, 1.82) is 0 Å². The van der Waals surface area contributed by atoms with Crippen LogP contribution >= 0.6 is 0 Å². The molecule has 26 heteroatoms. The van der Waals surface area contributed by atoms with Gasteiger partial charge in [0, 0.05) is 32.0 Å². The molecule has 0 aromatic heterocycles. The summed E-state index contributed by atoms with van der Waals surface area (Å²) < 4.78 is 63.5. The standard InChI is InChI=1S/C30H57N9O7.2C2HF3O2/c1-3-20(2)21(31)13-9-10-15-24(41)39(26(44)22(32)19-25(42)43)30(27(45)46,16-12-18-38-29(35)36)23(40)14-8-6-4-5-7-11-17-37-28(33)34;2*3-2(4,5)1(6)7/h20-22H,3-19,31-32H2,1-2H3,(H,42,43)(H,45,46)(H4,33,34,37)(H4,35,36,38);2*(H,6,7)/t20?,21-,22+,30-;;/m1../s1. The number of hydrogen-bond acceptors (Lipinski definition) is 11. The Morgan fingerprint density at radius 1 is 0.633 bits per heavy atom. The van der Waals surface area contributed by atoms with Gasteiger partial charge in [0.2, 0.25) is 17.4 Å². The molecule has 0 radical (unpaired) electrons. The van der Waals surface area contributed by atoms with Gasteiger partial charge >= 0.3 is 36.2 Å². The van der Waals surface area contributed by atoms with E-state index in [-0.39, 0.29) is 56.1 Å². The Kier molecular flexibility index (Phi) is 29.4. The average molecular weight is 884 g/mol. The number of aliphatic carboxylic acids is 4. The van der Waals surface area contributed by atoms with Gasteiger partial charge < -0.3 is 54.8 Å². The minimum Gasteiger partial charge on any atom is -0.481 e.